The van der Waals surface area contributed by atoms with Crippen molar-refractivity contribution in [1.29, 1.82) is 0 Å². The van der Waals surface area contributed by atoms with E-state index >= 15 is 0 Å². The molecule has 6 nitrogen and oxygen atoms in total. The lowest BCUT2D eigenvalue weighted by Crippen LogP contribution is -2.32. The van der Waals surface area contributed by atoms with Crippen molar-refractivity contribution in [2.24, 2.45) is 0 Å². The lowest BCUT2D eigenvalue weighted by atomic mass is 9.95. The first kappa shape index (κ1) is 21.3. The third kappa shape index (κ3) is 6.87. The Hall–Kier alpha value is -2.38. The smallest absolute Gasteiger partial charge is 0.257 e. The highest BCUT2D eigenvalue weighted by Crippen LogP contribution is 2.19. The summed E-state index contributed by atoms with van der Waals surface area (Å²) in [6, 6.07) is 15.0. The van der Waals surface area contributed by atoms with Gasteiger partial charge in [0, 0.05) is 11.7 Å². The van der Waals surface area contributed by atoms with E-state index in [-0.39, 0.29) is 17.2 Å². The largest absolute Gasteiger partial charge is 0.322 e. The predicted octanol–water partition coefficient (Wildman–Crippen LogP) is 3.78. The molecule has 3 rings (SSSR count). The van der Waals surface area contributed by atoms with Crippen LogP contribution >= 0.6 is 0 Å². The van der Waals surface area contributed by atoms with Gasteiger partial charge >= 0.3 is 0 Å². The molecular weight excluding hydrogens is 386 g/mol. The number of nitrogens with one attached hydrogen (secondary N) is 3. The normalized spacial score (nSPS) is 15.1. The molecule has 3 N–H and O–H groups in total. The Bertz CT molecular complexity index is 921. The maximum atomic E-state index is 12.6. The second kappa shape index (κ2) is 9.89. The lowest BCUT2D eigenvalue weighted by Gasteiger charge is -2.22. The topological polar surface area (TPSA) is 87.3 Å². The number of hydrogen-bond acceptors (Lipinski definition) is 4. The molecular formula is C22H29N3O3S. The molecule has 2 aromatic rings. The van der Waals surface area contributed by atoms with Gasteiger partial charge < -0.3 is 10.6 Å². The third-order valence-corrected chi connectivity index (χ3v) is 5.72. The Kier molecular flexibility index (Phi) is 7.28. The number of anilines is 2. The van der Waals surface area contributed by atoms with E-state index in [9.17, 15) is 13.2 Å². The van der Waals surface area contributed by atoms with Crippen molar-refractivity contribution in [3.8, 4) is 0 Å². The van der Waals surface area contributed by atoms with Crippen LogP contribution in [0, 0.1) is 0 Å². The molecule has 1 saturated carbocycles. The summed E-state index contributed by atoms with van der Waals surface area (Å²) in [5.74, 6) is -0.358. The summed E-state index contributed by atoms with van der Waals surface area (Å²) < 4.78 is 25.4. The molecule has 0 bridgehead atoms. The van der Waals surface area contributed by atoms with Crippen LogP contribution in [-0.2, 0) is 16.4 Å². The summed E-state index contributed by atoms with van der Waals surface area (Å²) >= 11 is 0. The Labute approximate surface area is 173 Å². The zero-order valence-electron chi connectivity index (χ0n) is 16.8. The molecule has 2 aromatic carbocycles. The maximum absolute atomic E-state index is 12.6. The van der Waals surface area contributed by atoms with Gasteiger partial charge in [-0.15, -0.1) is 0 Å². The van der Waals surface area contributed by atoms with Crippen molar-refractivity contribution in [3.63, 3.8) is 0 Å². The van der Waals surface area contributed by atoms with E-state index in [0.717, 1.165) is 19.2 Å². The molecule has 1 aliphatic rings. The Morgan fingerprint density at radius 3 is 2.38 bits per heavy atom. The van der Waals surface area contributed by atoms with Crippen LogP contribution < -0.4 is 15.4 Å². The van der Waals surface area contributed by atoms with Crippen LogP contribution in [0.15, 0.2) is 48.5 Å². The molecule has 0 unspecified atom stereocenters. The molecule has 0 atom stereocenters. The van der Waals surface area contributed by atoms with Crippen LogP contribution in [0.4, 0.5) is 11.4 Å². The number of benzene rings is 2. The number of carbonyl (C=O) groups is 1. The van der Waals surface area contributed by atoms with Crippen LogP contribution in [0.3, 0.4) is 0 Å². The summed E-state index contributed by atoms with van der Waals surface area (Å²) in [5.41, 5.74) is 2.43. The molecule has 0 saturated heterocycles. The van der Waals surface area contributed by atoms with Gasteiger partial charge in [-0.2, -0.15) is 0 Å². The molecule has 29 heavy (non-hydrogen) atoms. The summed E-state index contributed by atoms with van der Waals surface area (Å²) in [6.07, 6.45) is 8.58. The lowest BCUT2D eigenvalue weighted by molar-refractivity contribution is 0.102. The summed E-state index contributed by atoms with van der Waals surface area (Å²) in [7, 11) is -3.46. The van der Waals surface area contributed by atoms with Crippen molar-refractivity contribution in [2.45, 2.75) is 44.6 Å². The van der Waals surface area contributed by atoms with E-state index in [1.807, 2.05) is 24.3 Å². The van der Waals surface area contributed by atoms with Crippen molar-refractivity contribution >= 4 is 27.3 Å². The summed E-state index contributed by atoms with van der Waals surface area (Å²) in [4.78, 5) is 12.6. The Morgan fingerprint density at radius 1 is 1.00 bits per heavy atom. The number of rotatable bonds is 8. The van der Waals surface area contributed by atoms with Gasteiger partial charge in [-0.25, -0.2) is 8.42 Å². The fraction of sp³-hybridized carbons (Fsp3) is 0.409. The van der Waals surface area contributed by atoms with Gasteiger partial charge in [0.1, 0.15) is 0 Å². The molecule has 7 heteroatoms. The van der Waals surface area contributed by atoms with Gasteiger partial charge in [0.15, 0.2) is 0 Å². The second-order valence-corrected chi connectivity index (χ2v) is 9.36. The van der Waals surface area contributed by atoms with Gasteiger partial charge in [0.25, 0.3) is 5.91 Å². The zero-order valence-corrected chi connectivity index (χ0v) is 17.6. The highest BCUT2D eigenvalue weighted by molar-refractivity contribution is 7.92. The summed E-state index contributed by atoms with van der Waals surface area (Å²) in [6.45, 7) is 0.959. The average molecular weight is 416 g/mol. The van der Waals surface area contributed by atoms with E-state index in [1.54, 1.807) is 24.3 Å². The number of hydrogen-bond donors (Lipinski definition) is 3. The van der Waals surface area contributed by atoms with Crippen molar-refractivity contribution < 1.29 is 13.2 Å². The van der Waals surface area contributed by atoms with E-state index in [1.165, 1.54) is 37.7 Å². The van der Waals surface area contributed by atoms with E-state index < -0.39 is 10.0 Å². The molecule has 0 radical (unpaired) electrons. The van der Waals surface area contributed by atoms with Crippen molar-refractivity contribution in [2.75, 3.05) is 22.8 Å². The standard InChI is InChI=1S/C22H29N3O3S/c1-29(27,28)25-21-10-6-5-9-20(21)22(26)24-19-13-11-17(12-14-19)15-16-23-18-7-3-2-4-8-18/h5-6,9-14,18,23,25H,2-4,7-8,15-16H2,1H3,(H,24,26). The monoisotopic (exact) mass is 415 g/mol. The minimum absolute atomic E-state index is 0.262. The molecule has 1 fully saturated rings. The summed E-state index contributed by atoms with van der Waals surface area (Å²) in [5, 5.41) is 6.47. The highest BCUT2D eigenvalue weighted by atomic mass is 32.2. The number of amides is 1. The first-order valence-electron chi connectivity index (χ1n) is 10.1. The van der Waals surface area contributed by atoms with Crippen LogP contribution in [0.1, 0.15) is 48.0 Å². The molecule has 0 aromatic heterocycles. The highest BCUT2D eigenvalue weighted by Gasteiger charge is 2.14. The van der Waals surface area contributed by atoms with E-state index in [4.69, 9.17) is 0 Å². The predicted molar refractivity (Wildman–Crippen MR) is 118 cm³/mol. The van der Waals surface area contributed by atoms with Crippen molar-refractivity contribution in [3.05, 3.63) is 59.7 Å². The van der Waals surface area contributed by atoms with Crippen molar-refractivity contribution in [1.82, 2.24) is 5.32 Å². The van der Waals surface area contributed by atoms with Crippen LogP contribution in [-0.4, -0.2) is 33.2 Å². The molecule has 0 spiro atoms. The van der Waals surface area contributed by atoms with Gasteiger partial charge in [-0.3, -0.25) is 9.52 Å². The Morgan fingerprint density at radius 2 is 1.69 bits per heavy atom. The first-order chi connectivity index (χ1) is 13.9. The minimum Gasteiger partial charge on any atom is -0.322 e. The van der Waals surface area contributed by atoms with Gasteiger partial charge in [0.2, 0.25) is 10.0 Å². The SMILES string of the molecule is CS(=O)(=O)Nc1ccccc1C(=O)Nc1ccc(CCNC2CCCCC2)cc1. The second-order valence-electron chi connectivity index (χ2n) is 7.61. The fourth-order valence-electron chi connectivity index (χ4n) is 3.65. The van der Waals surface area contributed by atoms with E-state index in [2.05, 4.69) is 15.4 Å². The molecule has 1 aliphatic carbocycles. The molecule has 156 valence electrons. The third-order valence-electron chi connectivity index (χ3n) is 5.13. The van der Waals surface area contributed by atoms with Gasteiger partial charge in [-0.1, -0.05) is 43.5 Å². The Balaban J connectivity index is 1.55. The first-order valence-corrected chi connectivity index (χ1v) is 12.0. The van der Waals surface area contributed by atoms with Crippen LogP contribution in [0.2, 0.25) is 0 Å². The number of carbonyl (C=O) groups excluding carboxylic acids is 1. The van der Waals surface area contributed by atoms with Crippen LogP contribution in [0.25, 0.3) is 0 Å². The number of para-hydroxylation sites is 1. The molecule has 0 aliphatic heterocycles. The quantitative estimate of drug-likeness (QED) is 0.612. The van der Waals surface area contributed by atoms with E-state index in [0.29, 0.717) is 11.7 Å². The maximum Gasteiger partial charge on any atom is 0.257 e. The fourth-order valence-corrected chi connectivity index (χ4v) is 4.23. The van der Waals surface area contributed by atoms with Gasteiger partial charge in [0.05, 0.1) is 17.5 Å². The molecule has 1 amide bonds. The van der Waals surface area contributed by atoms with Gasteiger partial charge in [-0.05, 0) is 55.6 Å². The average Bonchev–Trinajstić information content (AvgIpc) is 2.69. The number of sulfonamides is 1. The van der Waals surface area contributed by atoms with Crippen LogP contribution in [0.5, 0.6) is 0 Å². The molecule has 0 heterocycles. The zero-order chi connectivity index (χ0) is 20.7. The minimum atomic E-state index is -3.46.